The lowest BCUT2D eigenvalue weighted by Crippen LogP contribution is -1.99. The standard InChI is InChI=1S/C9H10ClOS/c1-7(6-11)12-9-4-2-8(10)3-5-9/h2-5,7H,6H2,1H3. The molecule has 0 saturated carbocycles. The maximum absolute atomic E-state index is 10.5. The Morgan fingerprint density at radius 2 is 2.00 bits per heavy atom. The highest BCUT2D eigenvalue weighted by Crippen LogP contribution is 2.24. The van der Waals surface area contributed by atoms with E-state index in [2.05, 4.69) is 0 Å². The summed E-state index contributed by atoms with van der Waals surface area (Å²) in [5.74, 6) is 0. The average Bonchev–Trinajstić information content (AvgIpc) is 2.09. The van der Waals surface area contributed by atoms with Gasteiger partial charge >= 0.3 is 0 Å². The van der Waals surface area contributed by atoms with E-state index in [1.165, 1.54) is 0 Å². The molecule has 1 aromatic rings. The molecule has 1 aromatic carbocycles. The molecule has 3 heteroatoms. The third-order valence-electron chi connectivity index (χ3n) is 1.39. The quantitative estimate of drug-likeness (QED) is 0.688. The lowest BCUT2D eigenvalue weighted by atomic mass is 10.4. The molecule has 1 atom stereocenters. The Morgan fingerprint density at radius 3 is 2.50 bits per heavy atom. The summed E-state index contributed by atoms with van der Waals surface area (Å²) in [6, 6.07) is 7.53. The van der Waals surface area contributed by atoms with Gasteiger partial charge in [-0.2, -0.15) is 0 Å². The van der Waals surface area contributed by atoms with Gasteiger partial charge in [0.05, 0.1) is 6.61 Å². The number of thioether (sulfide) groups is 1. The second kappa shape index (κ2) is 4.75. The van der Waals surface area contributed by atoms with Gasteiger partial charge in [-0.15, -0.1) is 11.8 Å². The maximum atomic E-state index is 10.5. The van der Waals surface area contributed by atoms with Gasteiger partial charge in [0, 0.05) is 15.2 Å². The van der Waals surface area contributed by atoms with Gasteiger partial charge in [-0.3, -0.25) is 0 Å². The van der Waals surface area contributed by atoms with E-state index in [1.54, 1.807) is 11.8 Å². The molecule has 0 N–H and O–H groups in total. The highest BCUT2D eigenvalue weighted by Gasteiger charge is 2.02. The Kier molecular flexibility index (Phi) is 3.92. The number of hydrogen-bond acceptors (Lipinski definition) is 1. The fourth-order valence-electron chi connectivity index (χ4n) is 0.779. The number of benzene rings is 1. The monoisotopic (exact) mass is 201 g/mol. The van der Waals surface area contributed by atoms with Gasteiger partial charge < -0.3 is 0 Å². The van der Waals surface area contributed by atoms with E-state index in [0.717, 1.165) is 9.92 Å². The second-order valence-electron chi connectivity index (χ2n) is 2.55. The molecular weight excluding hydrogens is 192 g/mol. The molecule has 1 rings (SSSR count). The highest BCUT2D eigenvalue weighted by atomic mass is 35.5. The fourth-order valence-corrected chi connectivity index (χ4v) is 1.73. The van der Waals surface area contributed by atoms with Gasteiger partial charge in [0.15, 0.2) is 0 Å². The van der Waals surface area contributed by atoms with Crippen LogP contribution in [0.25, 0.3) is 0 Å². The van der Waals surface area contributed by atoms with E-state index < -0.39 is 0 Å². The van der Waals surface area contributed by atoms with Crippen molar-refractivity contribution in [3.63, 3.8) is 0 Å². The van der Waals surface area contributed by atoms with Gasteiger partial charge in [-0.05, 0) is 24.3 Å². The molecule has 1 nitrogen and oxygen atoms in total. The van der Waals surface area contributed by atoms with Gasteiger partial charge in [-0.25, -0.2) is 5.11 Å². The van der Waals surface area contributed by atoms with Gasteiger partial charge in [-0.1, -0.05) is 18.5 Å². The molecule has 1 unspecified atom stereocenters. The summed E-state index contributed by atoms with van der Waals surface area (Å²) >= 11 is 7.29. The fraction of sp³-hybridized carbons (Fsp3) is 0.333. The van der Waals surface area contributed by atoms with Crippen LogP contribution >= 0.6 is 23.4 Å². The number of halogens is 1. The van der Waals surface area contributed by atoms with E-state index in [-0.39, 0.29) is 11.9 Å². The first-order valence-electron chi connectivity index (χ1n) is 3.72. The van der Waals surface area contributed by atoms with Crippen molar-refractivity contribution < 1.29 is 5.11 Å². The zero-order valence-electron chi connectivity index (χ0n) is 6.79. The van der Waals surface area contributed by atoms with Crippen LogP contribution in [0.2, 0.25) is 5.02 Å². The predicted molar refractivity (Wildman–Crippen MR) is 52.3 cm³/mol. The van der Waals surface area contributed by atoms with Gasteiger partial charge in [0.25, 0.3) is 0 Å². The SMILES string of the molecule is CC(C[O])Sc1ccc(Cl)cc1. The molecule has 0 heterocycles. The first kappa shape index (κ1) is 9.90. The van der Waals surface area contributed by atoms with E-state index in [0.29, 0.717) is 0 Å². The summed E-state index contributed by atoms with van der Waals surface area (Å²) in [4.78, 5) is 1.10. The summed E-state index contributed by atoms with van der Waals surface area (Å²) in [5.41, 5.74) is 0. The van der Waals surface area contributed by atoms with E-state index in [1.807, 2.05) is 31.2 Å². The lowest BCUT2D eigenvalue weighted by molar-refractivity contribution is 0.198. The largest absolute Gasteiger partial charge is 0.236 e. The molecule has 0 saturated heterocycles. The van der Waals surface area contributed by atoms with Crippen molar-refractivity contribution in [2.24, 2.45) is 0 Å². The van der Waals surface area contributed by atoms with Gasteiger partial charge in [0.2, 0.25) is 0 Å². The summed E-state index contributed by atoms with van der Waals surface area (Å²) in [7, 11) is 0. The van der Waals surface area contributed by atoms with Crippen molar-refractivity contribution in [1.82, 2.24) is 0 Å². The molecule has 0 fully saturated rings. The normalized spacial score (nSPS) is 12.9. The van der Waals surface area contributed by atoms with Crippen LogP contribution in [0.15, 0.2) is 29.2 Å². The second-order valence-corrected chi connectivity index (χ2v) is 4.50. The summed E-state index contributed by atoms with van der Waals surface area (Å²) < 4.78 is 0. The van der Waals surface area contributed by atoms with Crippen molar-refractivity contribution in [2.45, 2.75) is 17.1 Å². The first-order valence-corrected chi connectivity index (χ1v) is 4.98. The Hall–Kier alpha value is -0.180. The molecular formula is C9H10ClOS. The smallest absolute Gasteiger partial charge is 0.0941 e. The van der Waals surface area contributed by atoms with Crippen LogP contribution in [0.5, 0.6) is 0 Å². The van der Waals surface area contributed by atoms with Crippen LogP contribution in [0.4, 0.5) is 0 Å². The van der Waals surface area contributed by atoms with Crippen LogP contribution in [0, 0.1) is 0 Å². The number of hydrogen-bond donors (Lipinski definition) is 0. The minimum Gasteiger partial charge on any atom is -0.236 e. The molecule has 0 aliphatic carbocycles. The van der Waals surface area contributed by atoms with Crippen molar-refractivity contribution in [2.75, 3.05) is 6.61 Å². The summed E-state index contributed by atoms with van der Waals surface area (Å²) in [6.45, 7) is 1.87. The molecule has 0 aliphatic heterocycles. The summed E-state index contributed by atoms with van der Waals surface area (Å²) in [6.07, 6.45) is 0. The molecule has 0 bridgehead atoms. The Morgan fingerprint density at radius 1 is 1.42 bits per heavy atom. The zero-order valence-corrected chi connectivity index (χ0v) is 8.36. The van der Waals surface area contributed by atoms with Crippen molar-refractivity contribution >= 4 is 23.4 Å². The van der Waals surface area contributed by atoms with Crippen LogP contribution in [-0.2, 0) is 5.11 Å². The summed E-state index contributed by atoms with van der Waals surface area (Å²) in [5, 5.41) is 11.3. The van der Waals surface area contributed by atoms with E-state index in [9.17, 15) is 5.11 Å². The van der Waals surface area contributed by atoms with E-state index in [4.69, 9.17) is 11.6 Å². The zero-order chi connectivity index (χ0) is 8.97. The van der Waals surface area contributed by atoms with E-state index >= 15 is 0 Å². The molecule has 0 amide bonds. The molecule has 12 heavy (non-hydrogen) atoms. The van der Waals surface area contributed by atoms with Crippen LogP contribution in [0.1, 0.15) is 6.92 Å². The Balaban J connectivity index is 2.58. The van der Waals surface area contributed by atoms with Crippen LogP contribution in [0.3, 0.4) is 0 Å². The minimum absolute atomic E-state index is 0.0483. The van der Waals surface area contributed by atoms with Crippen LogP contribution in [-0.4, -0.2) is 11.9 Å². The number of rotatable bonds is 3. The predicted octanol–water partition coefficient (Wildman–Crippen LogP) is 3.25. The van der Waals surface area contributed by atoms with Crippen molar-refractivity contribution in [3.05, 3.63) is 29.3 Å². The Bertz CT molecular complexity index is 235. The molecule has 65 valence electrons. The minimum atomic E-state index is -0.0483. The molecule has 0 aliphatic rings. The highest BCUT2D eigenvalue weighted by molar-refractivity contribution is 8.00. The van der Waals surface area contributed by atoms with Crippen molar-refractivity contribution in [1.29, 1.82) is 0 Å². The maximum Gasteiger partial charge on any atom is 0.0941 e. The Labute approximate surface area is 81.7 Å². The molecule has 0 aromatic heterocycles. The van der Waals surface area contributed by atoms with Crippen LogP contribution < -0.4 is 0 Å². The van der Waals surface area contributed by atoms with Crippen molar-refractivity contribution in [3.8, 4) is 0 Å². The third kappa shape index (κ3) is 3.05. The van der Waals surface area contributed by atoms with Gasteiger partial charge in [0.1, 0.15) is 0 Å². The molecule has 1 radical (unpaired) electrons. The first-order chi connectivity index (χ1) is 5.72. The topological polar surface area (TPSA) is 19.9 Å². The lowest BCUT2D eigenvalue weighted by Gasteiger charge is -2.05. The average molecular weight is 202 g/mol. The molecule has 0 spiro atoms. The third-order valence-corrected chi connectivity index (χ3v) is 2.72.